The lowest BCUT2D eigenvalue weighted by Gasteiger charge is -2.03. The molecule has 1 N–H and O–H groups in total. The largest absolute Gasteiger partial charge is 0.507 e. The van der Waals surface area contributed by atoms with Crippen LogP contribution >= 0.6 is 22.6 Å². The monoisotopic (exact) mass is 303 g/mol. The zero-order chi connectivity index (χ0) is 10.7. The molecule has 0 aliphatic carbocycles. The Morgan fingerprint density at radius 3 is 2.79 bits per heavy atom. The Balaban J connectivity index is 3.33. The number of benzene rings is 1. The van der Waals surface area contributed by atoms with Crippen molar-refractivity contribution in [1.29, 1.82) is 5.26 Å². The Bertz CT molecular complexity index is 423. The predicted octanol–water partition coefficient (Wildman–Crippen LogP) is 1.66. The fourth-order valence-electron chi connectivity index (χ4n) is 0.919. The van der Waals surface area contributed by atoms with Crippen LogP contribution in [0.25, 0.3) is 0 Å². The number of ether oxygens (including phenoxy) is 1. The number of hydrogen-bond donors (Lipinski definition) is 1. The van der Waals surface area contributed by atoms with Crippen LogP contribution < -0.4 is 0 Å². The normalized spacial score (nSPS) is 9.21. The summed E-state index contributed by atoms with van der Waals surface area (Å²) in [5.74, 6) is -0.657. The molecule has 4 nitrogen and oxygen atoms in total. The van der Waals surface area contributed by atoms with Crippen molar-refractivity contribution in [2.45, 2.75) is 0 Å². The Morgan fingerprint density at radius 2 is 2.29 bits per heavy atom. The minimum Gasteiger partial charge on any atom is -0.507 e. The third-order valence-corrected chi connectivity index (χ3v) is 2.50. The maximum atomic E-state index is 11.2. The van der Waals surface area contributed by atoms with Crippen LogP contribution in [0.4, 0.5) is 0 Å². The zero-order valence-corrected chi connectivity index (χ0v) is 9.40. The van der Waals surface area contributed by atoms with E-state index in [1.807, 2.05) is 22.6 Å². The molecule has 5 heteroatoms. The number of rotatable bonds is 1. The van der Waals surface area contributed by atoms with Crippen LogP contribution in [0.3, 0.4) is 0 Å². The summed E-state index contributed by atoms with van der Waals surface area (Å²) < 4.78 is 5.07. The van der Waals surface area contributed by atoms with Gasteiger partial charge in [0.05, 0.1) is 18.2 Å². The van der Waals surface area contributed by atoms with Gasteiger partial charge in [-0.05, 0) is 34.7 Å². The maximum Gasteiger partial charge on any atom is 0.338 e. The van der Waals surface area contributed by atoms with Crippen LogP contribution in [0.5, 0.6) is 5.75 Å². The van der Waals surface area contributed by atoms with E-state index in [1.54, 1.807) is 6.07 Å². The van der Waals surface area contributed by atoms with Crippen LogP contribution in [0.15, 0.2) is 12.1 Å². The van der Waals surface area contributed by atoms with Gasteiger partial charge in [-0.25, -0.2) is 4.79 Å². The molecule has 0 amide bonds. The third kappa shape index (κ3) is 1.96. The van der Waals surface area contributed by atoms with E-state index in [1.165, 1.54) is 19.2 Å². The highest BCUT2D eigenvalue weighted by molar-refractivity contribution is 14.1. The molecule has 0 saturated carbocycles. The lowest BCUT2D eigenvalue weighted by Crippen LogP contribution is -2.04. The number of phenolic OH excluding ortho intramolecular Hbond substituents is 1. The first kappa shape index (κ1) is 10.8. The molecular formula is C9H6INO3. The third-order valence-electron chi connectivity index (χ3n) is 1.61. The van der Waals surface area contributed by atoms with Gasteiger partial charge >= 0.3 is 5.97 Å². The van der Waals surface area contributed by atoms with Crippen LogP contribution in [-0.4, -0.2) is 18.2 Å². The van der Waals surface area contributed by atoms with E-state index in [4.69, 9.17) is 5.26 Å². The van der Waals surface area contributed by atoms with E-state index in [-0.39, 0.29) is 16.9 Å². The molecule has 0 radical (unpaired) electrons. The Kier molecular flexibility index (Phi) is 3.30. The number of methoxy groups -OCH3 is 1. The van der Waals surface area contributed by atoms with Crippen molar-refractivity contribution < 1.29 is 14.6 Å². The molecule has 0 aromatic heterocycles. The van der Waals surface area contributed by atoms with Gasteiger partial charge < -0.3 is 9.84 Å². The fraction of sp³-hybridized carbons (Fsp3) is 0.111. The van der Waals surface area contributed by atoms with Gasteiger partial charge in [-0.1, -0.05) is 0 Å². The highest BCUT2D eigenvalue weighted by Gasteiger charge is 2.13. The highest BCUT2D eigenvalue weighted by Crippen LogP contribution is 2.23. The minimum absolute atomic E-state index is 0.0609. The van der Waals surface area contributed by atoms with Gasteiger partial charge in [0.2, 0.25) is 0 Å². The van der Waals surface area contributed by atoms with Crippen molar-refractivity contribution in [3.05, 3.63) is 26.8 Å². The molecule has 14 heavy (non-hydrogen) atoms. The van der Waals surface area contributed by atoms with Crippen molar-refractivity contribution in [2.75, 3.05) is 7.11 Å². The lowest BCUT2D eigenvalue weighted by atomic mass is 10.1. The number of nitriles is 1. The number of aromatic hydroxyl groups is 1. The number of carbonyl (C=O) groups is 1. The second-order valence-corrected chi connectivity index (χ2v) is 3.61. The first-order chi connectivity index (χ1) is 6.60. The topological polar surface area (TPSA) is 70.3 Å². The van der Waals surface area contributed by atoms with Gasteiger partial charge in [-0.15, -0.1) is 0 Å². The first-order valence-corrected chi connectivity index (χ1v) is 4.69. The number of nitrogens with zero attached hydrogens (tertiary/aromatic N) is 1. The summed E-state index contributed by atoms with van der Waals surface area (Å²) in [4.78, 5) is 11.2. The Morgan fingerprint density at radius 1 is 1.64 bits per heavy atom. The smallest absolute Gasteiger partial charge is 0.338 e. The van der Waals surface area contributed by atoms with Gasteiger partial charge in [-0.2, -0.15) is 5.26 Å². The quantitative estimate of drug-likeness (QED) is 0.632. The van der Waals surface area contributed by atoms with Gasteiger partial charge in [0.15, 0.2) is 0 Å². The fourth-order valence-corrected chi connectivity index (χ4v) is 1.59. The molecule has 0 saturated heterocycles. The van der Waals surface area contributed by atoms with Crippen molar-refractivity contribution >= 4 is 28.6 Å². The summed E-state index contributed by atoms with van der Waals surface area (Å²) >= 11 is 1.89. The second-order valence-electron chi connectivity index (χ2n) is 2.45. The van der Waals surface area contributed by atoms with E-state index in [0.717, 1.165) is 0 Å². The molecule has 0 bridgehead atoms. The average Bonchev–Trinajstić information content (AvgIpc) is 2.17. The molecule has 0 aliphatic heterocycles. The van der Waals surface area contributed by atoms with Crippen molar-refractivity contribution in [3.63, 3.8) is 0 Å². The molecule has 72 valence electrons. The number of hydrogen-bond acceptors (Lipinski definition) is 4. The van der Waals surface area contributed by atoms with Crippen LogP contribution in [0.1, 0.15) is 15.9 Å². The molecule has 0 heterocycles. The summed E-state index contributed by atoms with van der Waals surface area (Å²) in [5, 5.41) is 17.9. The van der Waals surface area contributed by atoms with Crippen molar-refractivity contribution in [3.8, 4) is 11.8 Å². The van der Waals surface area contributed by atoms with Gasteiger partial charge in [-0.3, -0.25) is 0 Å². The van der Waals surface area contributed by atoms with Gasteiger partial charge in [0.1, 0.15) is 11.8 Å². The van der Waals surface area contributed by atoms with E-state index in [2.05, 4.69) is 4.74 Å². The summed E-state index contributed by atoms with van der Waals surface area (Å²) in [6, 6.07) is 4.44. The number of halogens is 1. The molecule has 0 unspecified atom stereocenters. The van der Waals surface area contributed by atoms with E-state index in [9.17, 15) is 9.90 Å². The number of esters is 1. The molecule has 0 atom stereocenters. The average molecular weight is 303 g/mol. The lowest BCUT2D eigenvalue weighted by molar-refractivity contribution is 0.0599. The summed E-state index contributed by atoms with van der Waals surface area (Å²) in [5.41, 5.74) is 0.341. The van der Waals surface area contributed by atoms with Crippen LogP contribution in [-0.2, 0) is 4.74 Å². The van der Waals surface area contributed by atoms with E-state index >= 15 is 0 Å². The van der Waals surface area contributed by atoms with E-state index in [0.29, 0.717) is 3.57 Å². The molecular weight excluding hydrogens is 297 g/mol. The summed E-state index contributed by atoms with van der Waals surface area (Å²) in [6.07, 6.45) is 0. The second kappa shape index (κ2) is 4.28. The van der Waals surface area contributed by atoms with Gasteiger partial charge in [0.25, 0.3) is 0 Å². The Hall–Kier alpha value is -1.29. The molecule has 1 rings (SSSR count). The molecule has 1 aromatic carbocycles. The molecule has 1 aromatic rings. The maximum absolute atomic E-state index is 11.2. The summed E-state index contributed by atoms with van der Waals surface area (Å²) in [6.45, 7) is 0. The van der Waals surface area contributed by atoms with Crippen LogP contribution in [0, 0.1) is 14.9 Å². The predicted molar refractivity (Wildman–Crippen MR) is 56.9 cm³/mol. The van der Waals surface area contributed by atoms with Gasteiger partial charge in [0, 0.05) is 3.57 Å². The standard InChI is InChI=1S/C9H6INO3/c1-14-9(13)6-2-5(4-11)8(12)3-7(6)10/h2-3,12H,1H3. The SMILES string of the molecule is COC(=O)c1cc(C#N)c(O)cc1I. The number of phenols is 1. The first-order valence-electron chi connectivity index (χ1n) is 3.61. The Labute approximate surface area is 94.2 Å². The molecule has 0 aliphatic rings. The van der Waals surface area contributed by atoms with Crippen molar-refractivity contribution in [2.24, 2.45) is 0 Å². The highest BCUT2D eigenvalue weighted by atomic mass is 127. The summed E-state index contributed by atoms with van der Waals surface area (Å²) in [7, 11) is 1.26. The zero-order valence-electron chi connectivity index (χ0n) is 7.24. The number of carbonyl (C=O) groups excluding carboxylic acids is 1. The van der Waals surface area contributed by atoms with Crippen LogP contribution in [0.2, 0.25) is 0 Å². The molecule has 0 fully saturated rings. The van der Waals surface area contributed by atoms with E-state index < -0.39 is 5.97 Å². The minimum atomic E-state index is -0.522. The van der Waals surface area contributed by atoms with Crippen molar-refractivity contribution in [1.82, 2.24) is 0 Å². The molecule has 0 spiro atoms.